The van der Waals surface area contributed by atoms with Crippen LogP contribution in [-0.2, 0) is 4.79 Å². The van der Waals surface area contributed by atoms with Crippen molar-refractivity contribution >= 4 is 46.4 Å². The van der Waals surface area contributed by atoms with Crippen molar-refractivity contribution in [3.63, 3.8) is 0 Å². The fourth-order valence-corrected chi connectivity index (χ4v) is 5.16. The minimum absolute atomic E-state index is 0.0189. The van der Waals surface area contributed by atoms with E-state index >= 15 is 0 Å². The average molecular weight is 560 g/mol. The number of carbonyl (C=O) groups is 1. The number of carbonyl (C=O) groups excluding carboxylic acids is 1. The molecule has 194 valence electrons. The molecular weight excluding hydrogens is 541 g/mol. The zero-order chi connectivity index (χ0) is 26.9. The van der Waals surface area contributed by atoms with Gasteiger partial charge >= 0.3 is 0 Å². The second-order valence-corrected chi connectivity index (χ2v) is 9.70. The molecule has 4 heterocycles. The molecule has 0 radical (unpaired) electrons. The molecule has 0 atom stereocenters. The minimum Gasteiger partial charge on any atom is -0.482 e. The zero-order valence-electron chi connectivity index (χ0n) is 20.4. The Bertz CT molecular complexity index is 1790. The molecule has 0 aliphatic carbocycles. The molecule has 0 unspecified atom stereocenters. The van der Waals surface area contributed by atoms with Gasteiger partial charge < -0.3 is 10.1 Å². The third-order valence-corrected chi connectivity index (χ3v) is 7.07. The van der Waals surface area contributed by atoms with Gasteiger partial charge in [0, 0.05) is 17.1 Å². The van der Waals surface area contributed by atoms with E-state index in [1.54, 1.807) is 41.5 Å². The van der Waals surface area contributed by atoms with Crippen LogP contribution in [-0.4, -0.2) is 38.2 Å². The molecule has 6 rings (SSSR count). The summed E-state index contributed by atoms with van der Waals surface area (Å²) in [6.45, 7) is 1.80. The maximum absolute atomic E-state index is 13.4. The van der Waals surface area contributed by atoms with Crippen LogP contribution >= 0.6 is 22.9 Å². The summed E-state index contributed by atoms with van der Waals surface area (Å²) in [6, 6.07) is 15.1. The Morgan fingerprint density at radius 1 is 1.21 bits per heavy atom. The number of hydrogen-bond donors (Lipinski definition) is 1. The zero-order valence-corrected chi connectivity index (χ0v) is 21.9. The summed E-state index contributed by atoms with van der Waals surface area (Å²) in [7, 11) is 0. The molecule has 1 aliphatic heterocycles. The Labute approximate surface area is 230 Å². The van der Waals surface area contributed by atoms with E-state index in [9.17, 15) is 9.18 Å². The lowest BCUT2D eigenvalue weighted by molar-refractivity contribution is -0.118. The number of halogens is 2. The molecule has 0 spiro atoms. The van der Waals surface area contributed by atoms with Gasteiger partial charge in [-0.05, 0) is 61.5 Å². The minimum atomic E-state index is -0.347. The van der Waals surface area contributed by atoms with Crippen LogP contribution in [0, 0.1) is 12.7 Å². The van der Waals surface area contributed by atoms with E-state index in [0.29, 0.717) is 44.0 Å². The number of amides is 1. The number of fused-ring (bicyclic) bond motifs is 1. The third-order valence-electron chi connectivity index (χ3n) is 5.89. The second kappa shape index (κ2) is 10.3. The van der Waals surface area contributed by atoms with Crippen molar-refractivity contribution in [2.75, 3.05) is 11.9 Å². The van der Waals surface area contributed by atoms with Crippen molar-refractivity contribution in [1.29, 1.82) is 0 Å². The number of benzene rings is 2. The van der Waals surface area contributed by atoms with Gasteiger partial charge in [0.15, 0.2) is 6.61 Å². The van der Waals surface area contributed by atoms with Crippen molar-refractivity contribution in [2.45, 2.75) is 6.92 Å². The summed E-state index contributed by atoms with van der Waals surface area (Å²) in [4.78, 5) is 21.3. The summed E-state index contributed by atoms with van der Waals surface area (Å²) < 4.78 is 22.1. The Morgan fingerprint density at radius 3 is 2.85 bits per heavy atom. The lowest BCUT2D eigenvalue weighted by atomic mass is 10.1. The topological polar surface area (TPSA) is 98.7 Å². The van der Waals surface area contributed by atoms with Gasteiger partial charge in [-0.2, -0.15) is 10.2 Å². The SMILES string of the molecule is Cc1nn(-c2ccc(F)cc2)c(Cl)c1C=Nn1c(-c2ccc3c(c2)NC(=O)CO3)csc1=Nc1cccnc1. The summed E-state index contributed by atoms with van der Waals surface area (Å²) in [5.41, 5.74) is 4.65. The third kappa shape index (κ3) is 4.97. The number of aryl methyl sites for hydroxylation is 1. The molecule has 9 nitrogen and oxygen atoms in total. The molecule has 0 bridgehead atoms. The monoisotopic (exact) mass is 559 g/mol. The Hall–Kier alpha value is -4.61. The second-order valence-electron chi connectivity index (χ2n) is 8.51. The van der Waals surface area contributed by atoms with Crippen LogP contribution in [0.15, 0.2) is 82.5 Å². The van der Waals surface area contributed by atoms with Gasteiger partial charge in [-0.15, -0.1) is 11.3 Å². The molecule has 0 fully saturated rings. The van der Waals surface area contributed by atoms with Gasteiger partial charge in [0.1, 0.15) is 16.7 Å². The van der Waals surface area contributed by atoms with Crippen molar-refractivity contribution in [2.24, 2.45) is 10.1 Å². The number of hydrogen-bond acceptors (Lipinski definition) is 7. The smallest absolute Gasteiger partial charge is 0.262 e. The summed E-state index contributed by atoms with van der Waals surface area (Å²) in [5, 5.41) is 14.4. The van der Waals surface area contributed by atoms with E-state index in [0.717, 1.165) is 11.3 Å². The Balaban J connectivity index is 1.45. The Kier molecular flexibility index (Phi) is 6.51. The lowest BCUT2D eigenvalue weighted by Crippen LogP contribution is -2.25. The standard InChI is InChI=1S/C27H19ClFN7O2S/c1-16-21(26(28)35(34-16)20-7-5-18(29)6-8-20)13-31-36-23(15-39-27(36)32-19-3-2-10-30-12-19)17-4-9-24-22(11-17)33-25(37)14-38-24/h2-13,15H,14H2,1H3,(H,33,37). The van der Waals surface area contributed by atoms with Crippen LogP contribution < -0.4 is 14.9 Å². The number of nitrogens with zero attached hydrogens (tertiary/aromatic N) is 6. The van der Waals surface area contributed by atoms with E-state index in [4.69, 9.17) is 26.4 Å². The highest BCUT2D eigenvalue weighted by Crippen LogP contribution is 2.33. The van der Waals surface area contributed by atoms with Gasteiger partial charge in [-0.1, -0.05) is 11.6 Å². The van der Waals surface area contributed by atoms with E-state index < -0.39 is 0 Å². The van der Waals surface area contributed by atoms with Gasteiger partial charge in [-0.25, -0.2) is 18.7 Å². The van der Waals surface area contributed by atoms with E-state index in [1.807, 2.05) is 36.6 Å². The maximum atomic E-state index is 13.4. The van der Waals surface area contributed by atoms with Gasteiger partial charge in [0.2, 0.25) is 4.80 Å². The first-order chi connectivity index (χ1) is 19.0. The van der Waals surface area contributed by atoms with Crippen LogP contribution in [0.3, 0.4) is 0 Å². The predicted octanol–water partition coefficient (Wildman–Crippen LogP) is 5.34. The van der Waals surface area contributed by atoms with Crippen LogP contribution in [0.25, 0.3) is 16.9 Å². The lowest BCUT2D eigenvalue weighted by Gasteiger charge is -2.18. The fraction of sp³-hybridized carbons (Fsp3) is 0.0741. The molecular formula is C27H19ClFN7O2S. The molecule has 2 aromatic carbocycles. The van der Waals surface area contributed by atoms with Gasteiger partial charge in [-0.3, -0.25) is 9.78 Å². The van der Waals surface area contributed by atoms with Crippen LogP contribution in [0.2, 0.25) is 5.15 Å². The summed E-state index contributed by atoms with van der Waals surface area (Å²) >= 11 is 8.08. The van der Waals surface area contributed by atoms with E-state index in [-0.39, 0.29) is 18.3 Å². The molecule has 3 aromatic heterocycles. The van der Waals surface area contributed by atoms with E-state index in [2.05, 4.69) is 15.4 Å². The fourth-order valence-electron chi connectivity index (χ4n) is 3.99. The largest absolute Gasteiger partial charge is 0.482 e. The quantitative estimate of drug-likeness (QED) is 0.294. The maximum Gasteiger partial charge on any atom is 0.262 e. The van der Waals surface area contributed by atoms with Crippen LogP contribution in [0.4, 0.5) is 15.8 Å². The van der Waals surface area contributed by atoms with Crippen molar-refractivity contribution in [3.8, 4) is 22.7 Å². The average Bonchev–Trinajstić information content (AvgIpc) is 3.47. The first-order valence-corrected chi connectivity index (χ1v) is 13.0. The first kappa shape index (κ1) is 24.7. The number of nitrogens with one attached hydrogen (secondary N) is 1. The first-order valence-electron chi connectivity index (χ1n) is 11.7. The van der Waals surface area contributed by atoms with Crippen LogP contribution in [0.5, 0.6) is 5.75 Å². The number of aromatic nitrogens is 4. The molecule has 1 N–H and O–H groups in total. The highest BCUT2D eigenvalue weighted by molar-refractivity contribution is 7.07. The number of thiazole rings is 1. The summed E-state index contributed by atoms with van der Waals surface area (Å²) in [6.07, 6.45) is 4.96. The van der Waals surface area contributed by atoms with Crippen molar-refractivity contribution in [3.05, 3.63) is 99.4 Å². The van der Waals surface area contributed by atoms with Crippen LogP contribution in [0.1, 0.15) is 11.3 Å². The molecule has 0 saturated heterocycles. The summed E-state index contributed by atoms with van der Waals surface area (Å²) in [5.74, 6) is 0.0334. The molecule has 0 saturated carbocycles. The van der Waals surface area contributed by atoms with E-state index in [1.165, 1.54) is 28.2 Å². The number of anilines is 1. The normalized spacial score (nSPS) is 13.4. The van der Waals surface area contributed by atoms with Gasteiger partial charge in [0.05, 0.1) is 46.4 Å². The predicted molar refractivity (Wildman–Crippen MR) is 148 cm³/mol. The molecule has 5 aromatic rings. The number of pyridine rings is 1. The van der Waals surface area contributed by atoms with Crippen molar-refractivity contribution < 1.29 is 13.9 Å². The molecule has 12 heteroatoms. The molecule has 1 aliphatic rings. The van der Waals surface area contributed by atoms with Crippen molar-refractivity contribution in [1.82, 2.24) is 19.4 Å². The highest BCUT2D eigenvalue weighted by Gasteiger charge is 2.18. The number of rotatable bonds is 5. The Morgan fingerprint density at radius 2 is 2.05 bits per heavy atom. The molecule has 1 amide bonds. The highest BCUT2D eigenvalue weighted by atomic mass is 35.5. The number of ether oxygens (including phenoxy) is 1. The van der Waals surface area contributed by atoms with Gasteiger partial charge in [0.25, 0.3) is 5.91 Å². The molecule has 39 heavy (non-hydrogen) atoms.